The molecular weight excluding hydrogens is 274 g/mol. The highest BCUT2D eigenvalue weighted by Crippen LogP contribution is 2.21. The summed E-state index contributed by atoms with van der Waals surface area (Å²) in [6.07, 6.45) is 4.84. The Morgan fingerprint density at radius 3 is 2.60 bits per heavy atom. The molecule has 0 spiro atoms. The van der Waals surface area contributed by atoms with E-state index in [9.17, 15) is 8.42 Å². The number of ether oxygens (including phenoxy) is 1. The number of aryl methyl sites for hydroxylation is 1. The van der Waals surface area contributed by atoms with Crippen LogP contribution < -0.4 is 0 Å². The maximum atomic E-state index is 12.6. The Morgan fingerprint density at radius 1 is 1.35 bits per heavy atom. The number of benzene rings is 1. The van der Waals surface area contributed by atoms with Crippen molar-refractivity contribution in [2.24, 2.45) is 0 Å². The van der Waals surface area contributed by atoms with E-state index in [1.807, 2.05) is 6.92 Å². The minimum atomic E-state index is -3.56. The normalized spacial score (nSPS) is 16.9. The fraction of sp³-hybridized carbons (Fsp3) is 0.333. The second kappa shape index (κ2) is 6.13. The van der Waals surface area contributed by atoms with Gasteiger partial charge in [-0.3, -0.25) is 4.31 Å². The standard InChI is InChI=1S/C15H19NO3S/c1-3-10-16(12-14-5-4-11-19-14)20(17,18)15-8-6-13(2)7-9-15/h3,6-9,12H,1,4-5,10-11H2,2H3/b14-12+. The number of hydrogen-bond acceptors (Lipinski definition) is 3. The van der Waals surface area contributed by atoms with Crippen LogP contribution in [0.3, 0.4) is 0 Å². The maximum Gasteiger partial charge on any atom is 0.264 e. The summed E-state index contributed by atoms with van der Waals surface area (Å²) >= 11 is 0. The highest BCUT2D eigenvalue weighted by molar-refractivity contribution is 7.89. The monoisotopic (exact) mass is 293 g/mol. The van der Waals surface area contributed by atoms with Gasteiger partial charge < -0.3 is 4.74 Å². The van der Waals surface area contributed by atoms with Gasteiger partial charge in [0, 0.05) is 6.42 Å². The van der Waals surface area contributed by atoms with Gasteiger partial charge in [-0.15, -0.1) is 6.58 Å². The van der Waals surface area contributed by atoms with Crippen LogP contribution in [0.4, 0.5) is 0 Å². The fourth-order valence-corrected chi connectivity index (χ4v) is 3.29. The summed E-state index contributed by atoms with van der Waals surface area (Å²) in [6.45, 7) is 6.42. The van der Waals surface area contributed by atoms with Gasteiger partial charge in [0.2, 0.25) is 0 Å². The first-order valence-corrected chi connectivity index (χ1v) is 8.01. The van der Waals surface area contributed by atoms with Crippen LogP contribution in [0.2, 0.25) is 0 Å². The molecule has 20 heavy (non-hydrogen) atoms. The highest BCUT2D eigenvalue weighted by atomic mass is 32.2. The molecule has 0 saturated carbocycles. The van der Waals surface area contributed by atoms with Gasteiger partial charge in [-0.1, -0.05) is 23.8 Å². The van der Waals surface area contributed by atoms with Crippen LogP contribution >= 0.6 is 0 Å². The molecule has 1 heterocycles. The van der Waals surface area contributed by atoms with E-state index in [0.29, 0.717) is 12.4 Å². The topological polar surface area (TPSA) is 46.6 Å². The molecule has 0 unspecified atom stereocenters. The molecule has 0 radical (unpaired) electrons. The van der Waals surface area contributed by atoms with Crippen molar-refractivity contribution in [3.8, 4) is 0 Å². The van der Waals surface area contributed by atoms with Crippen molar-refractivity contribution < 1.29 is 13.2 Å². The Bertz CT molecular complexity index is 595. The van der Waals surface area contributed by atoms with Gasteiger partial charge in [0.25, 0.3) is 10.0 Å². The van der Waals surface area contributed by atoms with Gasteiger partial charge in [-0.25, -0.2) is 8.42 Å². The average molecular weight is 293 g/mol. The molecule has 1 saturated heterocycles. The van der Waals surface area contributed by atoms with Gasteiger partial charge >= 0.3 is 0 Å². The van der Waals surface area contributed by atoms with Crippen molar-refractivity contribution in [1.29, 1.82) is 0 Å². The quantitative estimate of drug-likeness (QED) is 0.784. The van der Waals surface area contributed by atoms with Crippen LogP contribution in [-0.2, 0) is 14.8 Å². The summed E-state index contributed by atoms with van der Waals surface area (Å²) in [5.41, 5.74) is 1.02. The molecule has 1 aromatic carbocycles. The molecule has 2 rings (SSSR count). The third kappa shape index (κ3) is 3.22. The molecule has 108 valence electrons. The van der Waals surface area contributed by atoms with Crippen molar-refractivity contribution in [2.75, 3.05) is 13.2 Å². The van der Waals surface area contributed by atoms with Crippen LogP contribution in [0.25, 0.3) is 0 Å². The molecule has 0 aliphatic carbocycles. The van der Waals surface area contributed by atoms with Gasteiger partial charge in [-0.2, -0.15) is 0 Å². The molecule has 1 aliphatic rings. The number of hydrogen-bond donors (Lipinski definition) is 0. The largest absolute Gasteiger partial charge is 0.496 e. The van der Waals surface area contributed by atoms with Crippen molar-refractivity contribution in [2.45, 2.75) is 24.7 Å². The molecule has 0 aromatic heterocycles. The smallest absolute Gasteiger partial charge is 0.264 e. The number of sulfonamides is 1. The minimum Gasteiger partial charge on any atom is -0.496 e. The molecule has 0 N–H and O–H groups in total. The fourth-order valence-electron chi connectivity index (χ4n) is 1.98. The molecule has 0 bridgehead atoms. The Hall–Kier alpha value is -1.75. The number of nitrogens with zero attached hydrogens (tertiary/aromatic N) is 1. The third-order valence-electron chi connectivity index (χ3n) is 3.08. The van der Waals surface area contributed by atoms with Crippen molar-refractivity contribution in [3.63, 3.8) is 0 Å². The van der Waals surface area contributed by atoms with Crippen LogP contribution in [0.1, 0.15) is 18.4 Å². The highest BCUT2D eigenvalue weighted by Gasteiger charge is 2.22. The minimum absolute atomic E-state index is 0.225. The van der Waals surface area contributed by atoms with Gasteiger partial charge in [-0.05, 0) is 25.5 Å². The van der Waals surface area contributed by atoms with Crippen LogP contribution in [0.15, 0.2) is 53.8 Å². The Balaban J connectivity index is 2.33. The van der Waals surface area contributed by atoms with E-state index in [1.165, 1.54) is 4.31 Å². The van der Waals surface area contributed by atoms with E-state index in [0.717, 1.165) is 18.4 Å². The first-order valence-electron chi connectivity index (χ1n) is 6.57. The van der Waals surface area contributed by atoms with E-state index in [1.54, 1.807) is 36.5 Å². The zero-order chi connectivity index (χ0) is 14.6. The summed E-state index contributed by atoms with van der Waals surface area (Å²) in [5, 5.41) is 0. The number of rotatable bonds is 5. The van der Waals surface area contributed by atoms with E-state index in [4.69, 9.17) is 4.74 Å². The molecule has 5 heteroatoms. The average Bonchev–Trinajstić information content (AvgIpc) is 2.92. The lowest BCUT2D eigenvalue weighted by molar-refractivity contribution is 0.258. The Kier molecular flexibility index (Phi) is 4.49. The zero-order valence-electron chi connectivity index (χ0n) is 11.6. The van der Waals surface area contributed by atoms with E-state index >= 15 is 0 Å². The van der Waals surface area contributed by atoms with Crippen molar-refractivity contribution in [3.05, 3.63) is 54.4 Å². The predicted octanol–water partition coefficient (Wildman–Crippen LogP) is 2.82. The lowest BCUT2D eigenvalue weighted by Gasteiger charge is -2.19. The van der Waals surface area contributed by atoms with Gasteiger partial charge in [0.15, 0.2) is 0 Å². The molecular formula is C15H19NO3S. The summed E-state index contributed by atoms with van der Waals surface area (Å²) in [6, 6.07) is 6.82. The van der Waals surface area contributed by atoms with Crippen LogP contribution in [0, 0.1) is 6.92 Å². The van der Waals surface area contributed by atoms with Gasteiger partial charge in [0.05, 0.1) is 24.2 Å². The van der Waals surface area contributed by atoms with E-state index < -0.39 is 10.0 Å². The zero-order valence-corrected chi connectivity index (χ0v) is 12.4. The Morgan fingerprint density at radius 2 is 2.05 bits per heavy atom. The number of allylic oxidation sites excluding steroid dienone is 1. The van der Waals surface area contributed by atoms with Crippen molar-refractivity contribution in [1.82, 2.24) is 4.31 Å². The summed E-state index contributed by atoms with van der Waals surface area (Å²) in [4.78, 5) is 0.278. The molecule has 4 nitrogen and oxygen atoms in total. The van der Waals surface area contributed by atoms with Gasteiger partial charge in [0.1, 0.15) is 5.76 Å². The maximum absolute atomic E-state index is 12.6. The molecule has 0 amide bonds. The summed E-state index contributed by atoms with van der Waals surface area (Å²) in [7, 11) is -3.56. The van der Waals surface area contributed by atoms with E-state index in [2.05, 4.69) is 6.58 Å². The van der Waals surface area contributed by atoms with Crippen LogP contribution in [0.5, 0.6) is 0 Å². The molecule has 1 aromatic rings. The second-order valence-electron chi connectivity index (χ2n) is 4.72. The van der Waals surface area contributed by atoms with E-state index in [-0.39, 0.29) is 11.4 Å². The SMILES string of the molecule is C=CCN(/C=C1\CCCO1)S(=O)(=O)c1ccc(C)cc1. The lowest BCUT2D eigenvalue weighted by atomic mass is 10.2. The molecule has 0 atom stereocenters. The first-order chi connectivity index (χ1) is 9.54. The molecule has 1 fully saturated rings. The predicted molar refractivity (Wildman–Crippen MR) is 78.5 cm³/mol. The summed E-state index contributed by atoms with van der Waals surface area (Å²) < 4.78 is 31.9. The second-order valence-corrected chi connectivity index (χ2v) is 6.61. The molecule has 1 aliphatic heterocycles. The van der Waals surface area contributed by atoms with Crippen molar-refractivity contribution >= 4 is 10.0 Å². The summed E-state index contributed by atoms with van der Waals surface area (Å²) in [5.74, 6) is 0.711. The lowest BCUT2D eigenvalue weighted by Crippen LogP contribution is -2.26. The van der Waals surface area contributed by atoms with Crippen LogP contribution in [-0.4, -0.2) is 25.9 Å². The first kappa shape index (κ1) is 14.7. The Labute approximate surface area is 120 Å². The third-order valence-corrected chi connectivity index (χ3v) is 4.82.